The van der Waals surface area contributed by atoms with Gasteiger partial charge in [0.2, 0.25) is 5.88 Å². The van der Waals surface area contributed by atoms with Crippen molar-refractivity contribution >= 4 is 17.2 Å². The summed E-state index contributed by atoms with van der Waals surface area (Å²) in [5.41, 5.74) is 2.91. The van der Waals surface area contributed by atoms with Crippen molar-refractivity contribution in [3.05, 3.63) is 43.0 Å². The molecule has 1 atom stereocenters. The van der Waals surface area contributed by atoms with Crippen molar-refractivity contribution < 1.29 is 9.47 Å². The third-order valence-corrected chi connectivity index (χ3v) is 5.84. The second-order valence-corrected chi connectivity index (χ2v) is 7.75. The lowest BCUT2D eigenvalue weighted by Crippen LogP contribution is -2.50. The summed E-state index contributed by atoms with van der Waals surface area (Å²) in [6.45, 7) is 5.08. The van der Waals surface area contributed by atoms with Crippen LogP contribution in [0.15, 0.2) is 43.0 Å². The SMILES string of the molecule is CCN1CC[C@@H]1COc1cnn(C)c1-c1ccn2nc(Nc3cnc(OC)cn3)cc2c1. The molecule has 0 saturated carbocycles. The fourth-order valence-electron chi connectivity index (χ4n) is 3.96. The zero-order valence-electron chi connectivity index (χ0n) is 18.4. The minimum absolute atomic E-state index is 0.462. The number of anilines is 2. The Bertz CT molecular complexity index is 1210. The number of pyridine rings is 1. The van der Waals surface area contributed by atoms with E-state index in [9.17, 15) is 0 Å². The number of likely N-dealkylation sites (tertiary alicyclic amines) is 1. The van der Waals surface area contributed by atoms with Crippen molar-refractivity contribution in [1.29, 1.82) is 0 Å². The van der Waals surface area contributed by atoms with Crippen LogP contribution in [0.4, 0.5) is 11.6 Å². The number of aromatic nitrogens is 6. The van der Waals surface area contributed by atoms with E-state index >= 15 is 0 Å². The highest BCUT2D eigenvalue weighted by atomic mass is 16.5. The standard InChI is InChI=1S/C22H26N8O2/c1-4-29-7-6-16(29)14-32-18-11-25-28(2)22(18)15-5-8-30-17(9-15)10-19(27-30)26-20-12-24-21(31-3)13-23-20/h5,8-13,16H,4,6-7,14H2,1-3H3,(H,23,26,27)/t16-/m1/s1. The monoisotopic (exact) mass is 434 g/mol. The first-order chi connectivity index (χ1) is 15.6. The summed E-state index contributed by atoms with van der Waals surface area (Å²) < 4.78 is 14.9. The van der Waals surface area contributed by atoms with Crippen LogP contribution in [0.5, 0.6) is 11.6 Å². The lowest BCUT2D eigenvalue weighted by Gasteiger charge is -2.39. The van der Waals surface area contributed by atoms with Gasteiger partial charge in [-0.3, -0.25) is 9.58 Å². The fourth-order valence-corrected chi connectivity index (χ4v) is 3.96. The fraction of sp³-hybridized carbons (Fsp3) is 0.364. The molecule has 1 aliphatic rings. The number of ether oxygens (including phenoxy) is 2. The summed E-state index contributed by atoms with van der Waals surface area (Å²) in [4.78, 5) is 10.9. The first kappa shape index (κ1) is 20.3. The summed E-state index contributed by atoms with van der Waals surface area (Å²) in [7, 11) is 3.49. The van der Waals surface area contributed by atoms with Crippen molar-refractivity contribution in [3.63, 3.8) is 0 Å². The van der Waals surface area contributed by atoms with Crippen LogP contribution in [0.25, 0.3) is 16.8 Å². The number of methoxy groups -OCH3 is 1. The minimum atomic E-state index is 0.462. The summed E-state index contributed by atoms with van der Waals surface area (Å²) in [5, 5.41) is 12.2. The van der Waals surface area contributed by atoms with Gasteiger partial charge in [0.05, 0.1) is 31.2 Å². The van der Waals surface area contributed by atoms with E-state index in [2.05, 4.69) is 43.4 Å². The van der Waals surface area contributed by atoms with E-state index in [0.29, 0.717) is 30.2 Å². The quantitative estimate of drug-likeness (QED) is 0.452. The van der Waals surface area contributed by atoms with Crippen molar-refractivity contribution in [2.75, 3.05) is 32.1 Å². The molecule has 0 amide bonds. The normalized spacial score (nSPS) is 16.2. The van der Waals surface area contributed by atoms with E-state index in [1.54, 1.807) is 25.7 Å². The first-order valence-electron chi connectivity index (χ1n) is 10.7. The molecule has 4 aromatic heterocycles. The van der Waals surface area contributed by atoms with E-state index in [-0.39, 0.29) is 0 Å². The van der Waals surface area contributed by atoms with Gasteiger partial charge >= 0.3 is 0 Å². The lowest BCUT2D eigenvalue weighted by atomic mass is 10.0. The van der Waals surface area contributed by atoms with Gasteiger partial charge in [-0.05, 0) is 25.1 Å². The summed E-state index contributed by atoms with van der Waals surface area (Å²) >= 11 is 0. The van der Waals surface area contributed by atoms with Crippen LogP contribution in [0, 0.1) is 0 Å². The number of hydrogen-bond acceptors (Lipinski definition) is 8. The Balaban J connectivity index is 1.36. The van der Waals surface area contributed by atoms with Gasteiger partial charge in [0.25, 0.3) is 0 Å². The largest absolute Gasteiger partial charge is 0.488 e. The molecule has 166 valence electrons. The molecule has 1 saturated heterocycles. The molecule has 0 bridgehead atoms. The molecule has 5 rings (SSSR count). The molecule has 1 fully saturated rings. The van der Waals surface area contributed by atoms with Crippen molar-refractivity contribution in [2.24, 2.45) is 7.05 Å². The Morgan fingerprint density at radius 1 is 1.16 bits per heavy atom. The molecule has 0 aromatic carbocycles. The Hall–Kier alpha value is -3.66. The molecule has 5 heterocycles. The van der Waals surface area contributed by atoms with Crippen LogP contribution in [0.3, 0.4) is 0 Å². The minimum Gasteiger partial charge on any atom is -0.488 e. The number of nitrogens with one attached hydrogen (secondary N) is 1. The molecule has 10 nitrogen and oxygen atoms in total. The number of likely N-dealkylation sites (N-methyl/N-ethyl adjacent to an activating group) is 1. The lowest BCUT2D eigenvalue weighted by molar-refractivity contribution is 0.0563. The Labute approximate surface area is 185 Å². The van der Waals surface area contributed by atoms with Crippen molar-refractivity contribution in [2.45, 2.75) is 19.4 Å². The predicted molar refractivity (Wildman–Crippen MR) is 120 cm³/mol. The van der Waals surface area contributed by atoms with E-state index in [1.807, 2.05) is 34.6 Å². The molecule has 1 aliphatic heterocycles. The molecule has 0 aliphatic carbocycles. The zero-order valence-corrected chi connectivity index (χ0v) is 18.4. The molecular weight excluding hydrogens is 408 g/mol. The molecular formula is C22H26N8O2. The average molecular weight is 435 g/mol. The summed E-state index contributed by atoms with van der Waals surface area (Å²) in [6, 6.07) is 6.53. The Morgan fingerprint density at radius 3 is 2.78 bits per heavy atom. The van der Waals surface area contributed by atoms with Gasteiger partial charge in [-0.2, -0.15) is 10.2 Å². The molecule has 0 radical (unpaired) electrons. The molecule has 0 spiro atoms. The number of rotatable bonds is 8. The highest BCUT2D eigenvalue weighted by molar-refractivity contribution is 5.72. The highest BCUT2D eigenvalue weighted by Gasteiger charge is 2.27. The summed E-state index contributed by atoms with van der Waals surface area (Å²) in [6.07, 6.45) is 8.07. The molecule has 0 unspecified atom stereocenters. The Kier molecular flexibility index (Phi) is 5.36. The molecule has 32 heavy (non-hydrogen) atoms. The van der Waals surface area contributed by atoms with Gasteiger partial charge in [0.1, 0.15) is 18.1 Å². The second-order valence-electron chi connectivity index (χ2n) is 7.75. The topological polar surface area (TPSA) is 94.6 Å². The first-order valence-corrected chi connectivity index (χ1v) is 10.7. The smallest absolute Gasteiger partial charge is 0.232 e. The van der Waals surface area contributed by atoms with Gasteiger partial charge in [-0.25, -0.2) is 14.5 Å². The summed E-state index contributed by atoms with van der Waals surface area (Å²) in [5.74, 6) is 2.52. The zero-order chi connectivity index (χ0) is 22.1. The van der Waals surface area contributed by atoms with Crippen LogP contribution >= 0.6 is 0 Å². The van der Waals surface area contributed by atoms with E-state index < -0.39 is 0 Å². The number of fused-ring (bicyclic) bond motifs is 1. The van der Waals surface area contributed by atoms with Crippen LogP contribution in [-0.4, -0.2) is 67.1 Å². The maximum absolute atomic E-state index is 6.18. The maximum Gasteiger partial charge on any atom is 0.232 e. The molecule has 4 aromatic rings. The van der Waals surface area contributed by atoms with Gasteiger partial charge in [0.15, 0.2) is 11.6 Å². The molecule has 10 heteroatoms. The van der Waals surface area contributed by atoms with Crippen LogP contribution in [0.2, 0.25) is 0 Å². The van der Waals surface area contributed by atoms with Crippen LogP contribution < -0.4 is 14.8 Å². The van der Waals surface area contributed by atoms with Crippen LogP contribution in [0.1, 0.15) is 13.3 Å². The van der Waals surface area contributed by atoms with Gasteiger partial charge in [-0.1, -0.05) is 6.92 Å². The number of nitrogens with zero attached hydrogens (tertiary/aromatic N) is 7. The molecule has 1 N–H and O–H groups in total. The third-order valence-electron chi connectivity index (χ3n) is 5.84. The number of hydrogen-bond donors (Lipinski definition) is 1. The van der Waals surface area contributed by atoms with Crippen LogP contribution in [-0.2, 0) is 7.05 Å². The maximum atomic E-state index is 6.18. The van der Waals surface area contributed by atoms with E-state index in [1.165, 1.54) is 6.42 Å². The van der Waals surface area contributed by atoms with Gasteiger partial charge in [-0.15, -0.1) is 0 Å². The highest BCUT2D eigenvalue weighted by Crippen LogP contribution is 2.31. The average Bonchev–Trinajstić information content (AvgIpc) is 3.35. The van der Waals surface area contributed by atoms with E-state index in [4.69, 9.17) is 9.47 Å². The van der Waals surface area contributed by atoms with Crippen molar-refractivity contribution in [3.8, 4) is 22.9 Å². The number of aryl methyl sites for hydroxylation is 1. The van der Waals surface area contributed by atoms with Gasteiger partial charge in [0, 0.05) is 37.5 Å². The van der Waals surface area contributed by atoms with E-state index in [0.717, 1.165) is 35.6 Å². The predicted octanol–water partition coefficient (Wildman–Crippen LogP) is 2.75. The Morgan fingerprint density at radius 2 is 2.06 bits per heavy atom. The second kappa shape index (κ2) is 8.46. The van der Waals surface area contributed by atoms with Gasteiger partial charge < -0.3 is 14.8 Å². The third kappa shape index (κ3) is 3.84. The van der Waals surface area contributed by atoms with Crippen molar-refractivity contribution in [1.82, 2.24) is 34.3 Å².